The summed E-state index contributed by atoms with van der Waals surface area (Å²) in [5.74, 6) is -0.248. The molecule has 1 aromatic heterocycles. The van der Waals surface area contributed by atoms with Gasteiger partial charge >= 0.3 is 0 Å². The minimum atomic E-state index is -0.248. The molecule has 1 aromatic carbocycles. The summed E-state index contributed by atoms with van der Waals surface area (Å²) in [7, 11) is 0. The normalized spacial score (nSPS) is 11.4. The van der Waals surface area contributed by atoms with Crippen molar-refractivity contribution in [2.45, 2.75) is 13.0 Å². The summed E-state index contributed by atoms with van der Waals surface area (Å²) in [5, 5.41) is 22.5. The lowest BCUT2D eigenvalue weighted by Crippen LogP contribution is -2.29. The van der Waals surface area contributed by atoms with Crippen LogP contribution in [-0.2, 0) is 0 Å². The molecule has 2 rings (SSSR count). The van der Waals surface area contributed by atoms with E-state index in [1.54, 1.807) is 24.3 Å². The predicted octanol–water partition coefficient (Wildman–Crippen LogP) is 1.68. The molecular weight excluding hydrogens is 254 g/mol. The maximum absolute atomic E-state index is 12.0. The molecule has 5 heteroatoms. The topological polar surface area (TPSA) is 79.8 Å². The van der Waals surface area contributed by atoms with Crippen molar-refractivity contribution >= 4 is 5.91 Å². The van der Waals surface area contributed by atoms with Gasteiger partial charge in [0.05, 0.1) is 23.2 Å². The number of nitrogens with one attached hydrogen (secondary N) is 1. The van der Waals surface area contributed by atoms with E-state index in [9.17, 15) is 10.0 Å². The van der Waals surface area contributed by atoms with Gasteiger partial charge in [-0.3, -0.25) is 4.79 Å². The smallest absolute Gasteiger partial charge is 0.252 e. The Morgan fingerprint density at radius 3 is 2.40 bits per heavy atom. The first-order valence-electron chi connectivity index (χ1n) is 6.10. The molecule has 1 heterocycles. The van der Waals surface area contributed by atoms with E-state index < -0.39 is 0 Å². The van der Waals surface area contributed by atoms with Crippen molar-refractivity contribution in [1.82, 2.24) is 5.32 Å². The van der Waals surface area contributed by atoms with Crippen LogP contribution >= 0.6 is 0 Å². The van der Waals surface area contributed by atoms with Gasteiger partial charge in [0.1, 0.15) is 0 Å². The van der Waals surface area contributed by atoms with Gasteiger partial charge in [0.25, 0.3) is 5.91 Å². The number of carbonyl (C=O) groups excluding carboxylic acids is 1. The molecule has 20 heavy (non-hydrogen) atoms. The molecule has 1 N–H and O–H groups in total. The van der Waals surface area contributed by atoms with Gasteiger partial charge in [-0.05, 0) is 24.6 Å². The number of aromatic nitrogens is 1. The molecule has 0 aliphatic rings. The van der Waals surface area contributed by atoms with Gasteiger partial charge in [-0.15, -0.1) is 0 Å². The molecule has 0 saturated carbocycles. The van der Waals surface area contributed by atoms with Crippen LogP contribution in [0.4, 0.5) is 0 Å². The molecule has 0 saturated heterocycles. The van der Waals surface area contributed by atoms with Gasteiger partial charge in [-0.1, -0.05) is 12.1 Å². The molecule has 0 aliphatic carbocycles. The van der Waals surface area contributed by atoms with Crippen LogP contribution in [0.25, 0.3) is 0 Å². The van der Waals surface area contributed by atoms with Crippen LogP contribution in [0.5, 0.6) is 0 Å². The van der Waals surface area contributed by atoms with Gasteiger partial charge in [0, 0.05) is 12.1 Å². The van der Waals surface area contributed by atoms with Crippen LogP contribution in [0, 0.1) is 16.5 Å². The van der Waals surface area contributed by atoms with Crippen LogP contribution < -0.4 is 10.0 Å². The zero-order valence-electron chi connectivity index (χ0n) is 10.9. The van der Waals surface area contributed by atoms with Crippen LogP contribution in [0.1, 0.15) is 34.5 Å². The highest BCUT2D eigenvalue weighted by atomic mass is 16.5. The first kappa shape index (κ1) is 13.6. The third kappa shape index (κ3) is 3.12. The fraction of sp³-hybridized carbons (Fsp3) is 0.133. The van der Waals surface area contributed by atoms with E-state index in [1.165, 1.54) is 24.5 Å². The lowest BCUT2D eigenvalue weighted by molar-refractivity contribution is -0.605. The minimum Gasteiger partial charge on any atom is -0.619 e. The standard InChI is InChI=1S/C15H13N3O2/c1-11(13-4-2-12(10-16)3-5-13)17-15(19)14-6-8-18(20)9-7-14/h2-9,11H,1H3,(H,17,19). The Hall–Kier alpha value is -2.87. The molecule has 0 radical (unpaired) electrons. The van der Waals surface area contributed by atoms with Gasteiger partial charge < -0.3 is 10.5 Å². The quantitative estimate of drug-likeness (QED) is 0.678. The predicted molar refractivity (Wildman–Crippen MR) is 72.4 cm³/mol. The Morgan fingerprint density at radius 1 is 1.25 bits per heavy atom. The summed E-state index contributed by atoms with van der Waals surface area (Å²) in [6.45, 7) is 1.86. The fourth-order valence-electron chi connectivity index (χ4n) is 1.77. The number of amides is 1. The summed E-state index contributed by atoms with van der Waals surface area (Å²) < 4.78 is 0.626. The number of nitrogens with zero attached hydrogens (tertiary/aromatic N) is 2. The molecule has 0 aliphatic heterocycles. The number of hydrogen-bond donors (Lipinski definition) is 1. The van der Waals surface area contributed by atoms with Gasteiger partial charge in [0.2, 0.25) is 0 Å². The van der Waals surface area contributed by atoms with Crippen molar-refractivity contribution in [3.05, 3.63) is 70.7 Å². The summed E-state index contributed by atoms with van der Waals surface area (Å²) in [5.41, 5.74) is 1.92. The molecular formula is C15H13N3O2. The van der Waals surface area contributed by atoms with Gasteiger partial charge in [-0.25, -0.2) is 0 Å². The van der Waals surface area contributed by atoms with Gasteiger partial charge in [-0.2, -0.15) is 9.99 Å². The zero-order valence-corrected chi connectivity index (χ0v) is 10.9. The molecule has 1 atom stereocenters. The summed E-state index contributed by atoms with van der Waals surface area (Å²) in [6.07, 6.45) is 2.56. The second kappa shape index (κ2) is 5.85. The van der Waals surface area contributed by atoms with E-state index in [4.69, 9.17) is 5.26 Å². The van der Waals surface area contributed by atoms with Gasteiger partial charge in [0.15, 0.2) is 12.4 Å². The van der Waals surface area contributed by atoms with Crippen molar-refractivity contribution in [3.8, 4) is 6.07 Å². The number of pyridine rings is 1. The number of benzene rings is 1. The molecule has 0 spiro atoms. The zero-order chi connectivity index (χ0) is 14.5. The average molecular weight is 267 g/mol. The lowest BCUT2D eigenvalue weighted by Gasteiger charge is -2.14. The second-order valence-electron chi connectivity index (χ2n) is 4.38. The highest BCUT2D eigenvalue weighted by Gasteiger charge is 2.12. The number of rotatable bonds is 3. The van der Waals surface area contributed by atoms with E-state index in [2.05, 4.69) is 5.32 Å². The van der Waals surface area contributed by atoms with Crippen molar-refractivity contribution < 1.29 is 9.52 Å². The molecule has 2 aromatic rings. The SMILES string of the molecule is CC(NC(=O)c1cc[n+]([O-])cc1)c1ccc(C#N)cc1. The van der Waals surface area contributed by atoms with E-state index in [1.807, 2.05) is 13.0 Å². The highest BCUT2D eigenvalue weighted by molar-refractivity contribution is 5.94. The van der Waals surface area contributed by atoms with E-state index in [0.29, 0.717) is 15.9 Å². The molecule has 0 fully saturated rings. The van der Waals surface area contributed by atoms with Crippen LogP contribution in [-0.4, -0.2) is 5.91 Å². The Labute approximate surface area is 116 Å². The van der Waals surface area contributed by atoms with Crippen molar-refractivity contribution in [2.24, 2.45) is 0 Å². The lowest BCUT2D eigenvalue weighted by atomic mass is 10.1. The van der Waals surface area contributed by atoms with Crippen LogP contribution in [0.3, 0.4) is 0 Å². The number of carbonyl (C=O) groups is 1. The van der Waals surface area contributed by atoms with Crippen LogP contribution in [0.15, 0.2) is 48.8 Å². The highest BCUT2D eigenvalue weighted by Crippen LogP contribution is 2.13. The second-order valence-corrected chi connectivity index (χ2v) is 4.38. The van der Waals surface area contributed by atoms with Crippen LogP contribution in [0.2, 0.25) is 0 Å². The first-order valence-corrected chi connectivity index (χ1v) is 6.10. The Kier molecular flexibility index (Phi) is 3.96. The first-order chi connectivity index (χ1) is 9.60. The minimum absolute atomic E-state index is 0.185. The largest absolute Gasteiger partial charge is 0.619 e. The van der Waals surface area contributed by atoms with E-state index in [-0.39, 0.29) is 11.9 Å². The fourth-order valence-corrected chi connectivity index (χ4v) is 1.77. The Balaban J connectivity index is 2.06. The van der Waals surface area contributed by atoms with Crippen molar-refractivity contribution in [2.75, 3.05) is 0 Å². The molecule has 1 amide bonds. The van der Waals surface area contributed by atoms with E-state index >= 15 is 0 Å². The summed E-state index contributed by atoms with van der Waals surface area (Å²) in [4.78, 5) is 12.0. The maximum Gasteiger partial charge on any atom is 0.252 e. The molecule has 0 bridgehead atoms. The van der Waals surface area contributed by atoms with E-state index in [0.717, 1.165) is 5.56 Å². The summed E-state index contributed by atoms with van der Waals surface area (Å²) in [6, 6.07) is 11.8. The third-order valence-electron chi connectivity index (χ3n) is 2.95. The maximum atomic E-state index is 12.0. The number of nitriles is 1. The van der Waals surface area contributed by atoms with Crippen molar-refractivity contribution in [3.63, 3.8) is 0 Å². The third-order valence-corrected chi connectivity index (χ3v) is 2.95. The summed E-state index contributed by atoms with van der Waals surface area (Å²) >= 11 is 0. The molecule has 100 valence electrons. The monoisotopic (exact) mass is 267 g/mol. The Morgan fingerprint density at radius 2 is 1.85 bits per heavy atom. The molecule has 1 unspecified atom stereocenters. The number of hydrogen-bond acceptors (Lipinski definition) is 3. The molecule has 5 nitrogen and oxygen atoms in total. The van der Waals surface area contributed by atoms with Crippen molar-refractivity contribution in [1.29, 1.82) is 5.26 Å². The Bertz CT molecular complexity index is 642. The average Bonchev–Trinajstić information content (AvgIpc) is 2.48.